The van der Waals surface area contributed by atoms with E-state index >= 15 is 0 Å². The van der Waals surface area contributed by atoms with Gasteiger partial charge in [0.05, 0.1) is 11.5 Å². The Labute approximate surface area is 200 Å². The first-order valence-corrected chi connectivity index (χ1v) is 12.1. The minimum atomic E-state index is -0.412. The summed E-state index contributed by atoms with van der Waals surface area (Å²) in [5.74, 6) is 2.09. The number of benzene rings is 2. The number of hydrogen-bond donors (Lipinski definition) is 1. The standard InChI is InChI=1S/C24H23N5O4S/c1-2-33-18-12-8-16(9-13-18)22-21-19(4-3-5-20(21)30)25-23-26-24(27-28(22)23)34-14-15-6-10-17(11-7-15)29(31)32/h6-13,22H,2-5,14H2,1H3,(H,25,26,27)/t22-/m1/s1. The van der Waals surface area contributed by atoms with Crippen LogP contribution in [-0.2, 0) is 10.5 Å². The number of carbonyl (C=O) groups is 1. The van der Waals surface area contributed by atoms with Crippen molar-refractivity contribution in [2.75, 3.05) is 11.9 Å². The van der Waals surface area contributed by atoms with Gasteiger partial charge in [-0.25, -0.2) is 4.68 Å². The van der Waals surface area contributed by atoms with Gasteiger partial charge in [0.1, 0.15) is 11.8 Å². The molecule has 2 aromatic carbocycles. The molecule has 0 bridgehead atoms. The molecule has 2 heterocycles. The highest BCUT2D eigenvalue weighted by Crippen LogP contribution is 2.41. The molecule has 2 aliphatic rings. The average Bonchev–Trinajstić information content (AvgIpc) is 3.25. The maximum absolute atomic E-state index is 12.9. The van der Waals surface area contributed by atoms with Crippen molar-refractivity contribution < 1.29 is 14.5 Å². The van der Waals surface area contributed by atoms with E-state index in [1.54, 1.807) is 16.8 Å². The highest BCUT2D eigenvalue weighted by molar-refractivity contribution is 7.98. The van der Waals surface area contributed by atoms with E-state index in [1.165, 1.54) is 23.9 Å². The van der Waals surface area contributed by atoms with Crippen LogP contribution in [0.2, 0.25) is 0 Å². The summed E-state index contributed by atoms with van der Waals surface area (Å²) in [6.45, 7) is 2.53. The molecule has 0 fully saturated rings. The number of thioether (sulfide) groups is 1. The molecule has 5 rings (SSSR count). The zero-order valence-corrected chi connectivity index (χ0v) is 19.4. The normalized spacial score (nSPS) is 17.1. The predicted octanol–water partition coefficient (Wildman–Crippen LogP) is 4.90. The number of nitro groups is 1. The van der Waals surface area contributed by atoms with Crippen LogP contribution in [0, 0.1) is 10.1 Å². The Hall–Kier alpha value is -3.66. The van der Waals surface area contributed by atoms with E-state index in [2.05, 4.69) is 10.3 Å². The number of carbonyl (C=O) groups excluding carboxylic acids is 1. The molecule has 1 aromatic heterocycles. The largest absolute Gasteiger partial charge is 0.494 e. The van der Waals surface area contributed by atoms with Crippen molar-refractivity contribution in [1.29, 1.82) is 0 Å². The molecule has 9 nitrogen and oxygen atoms in total. The van der Waals surface area contributed by atoms with Gasteiger partial charge in [-0.1, -0.05) is 36.0 Å². The summed E-state index contributed by atoms with van der Waals surface area (Å²) in [4.78, 5) is 28.1. The summed E-state index contributed by atoms with van der Waals surface area (Å²) in [5, 5.41) is 19.5. The number of ketones is 1. The fraction of sp³-hybridized carbons (Fsp3) is 0.292. The monoisotopic (exact) mass is 477 g/mol. The first-order chi connectivity index (χ1) is 16.5. The fourth-order valence-electron chi connectivity index (χ4n) is 4.28. The summed E-state index contributed by atoms with van der Waals surface area (Å²) < 4.78 is 7.36. The second-order valence-electron chi connectivity index (χ2n) is 8.07. The van der Waals surface area contributed by atoms with Crippen LogP contribution in [0.4, 0.5) is 11.6 Å². The molecule has 0 radical (unpaired) electrons. The van der Waals surface area contributed by atoms with Gasteiger partial charge in [-0.05, 0) is 43.0 Å². The number of aromatic nitrogens is 3. The number of allylic oxidation sites excluding steroid dienone is 2. The third-order valence-corrected chi connectivity index (χ3v) is 6.78. The average molecular weight is 478 g/mol. The first kappa shape index (κ1) is 22.1. The van der Waals surface area contributed by atoms with Crippen LogP contribution < -0.4 is 10.1 Å². The maximum Gasteiger partial charge on any atom is 0.269 e. The van der Waals surface area contributed by atoms with Crippen LogP contribution in [0.5, 0.6) is 5.75 Å². The van der Waals surface area contributed by atoms with Gasteiger partial charge in [0.25, 0.3) is 5.69 Å². The van der Waals surface area contributed by atoms with Gasteiger partial charge in [-0.15, -0.1) is 5.10 Å². The van der Waals surface area contributed by atoms with Gasteiger partial charge in [-0.3, -0.25) is 14.9 Å². The van der Waals surface area contributed by atoms with E-state index in [-0.39, 0.29) is 17.5 Å². The quantitative estimate of drug-likeness (QED) is 0.290. The molecule has 174 valence electrons. The zero-order valence-electron chi connectivity index (χ0n) is 18.6. The minimum Gasteiger partial charge on any atom is -0.494 e. The first-order valence-electron chi connectivity index (χ1n) is 11.1. The van der Waals surface area contributed by atoms with Gasteiger partial charge >= 0.3 is 0 Å². The number of rotatable bonds is 7. The number of nitrogens with one attached hydrogen (secondary N) is 1. The molecule has 0 saturated heterocycles. The number of hydrogen-bond acceptors (Lipinski definition) is 8. The molecular formula is C24H23N5O4S. The molecule has 0 unspecified atom stereocenters. The van der Waals surface area contributed by atoms with E-state index in [9.17, 15) is 14.9 Å². The Balaban J connectivity index is 1.44. The second kappa shape index (κ2) is 9.30. The van der Waals surface area contributed by atoms with Gasteiger partial charge in [0.2, 0.25) is 11.1 Å². The van der Waals surface area contributed by atoms with Crippen molar-refractivity contribution in [3.05, 3.63) is 81.0 Å². The predicted molar refractivity (Wildman–Crippen MR) is 128 cm³/mol. The molecule has 1 aliphatic heterocycles. The second-order valence-corrected chi connectivity index (χ2v) is 9.02. The minimum absolute atomic E-state index is 0.0630. The van der Waals surface area contributed by atoms with Gasteiger partial charge in [0.15, 0.2) is 5.78 Å². The Bertz CT molecular complexity index is 1270. The number of nitro benzene ring substituents is 1. The van der Waals surface area contributed by atoms with Crippen LogP contribution in [0.1, 0.15) is 43.4 Å². The summed E-state index contributed by atoms with van der Waals surface area (Å²) in [6, 6.07) is 13.9. The van der Waals surface area contributed by atoms with Crippen molar-refractivity contribution in [3.63, 3.8) is 0 Å². The maximum atomic E-state index is 12.9. The molecule has 0 amide bonds. The van der Waals surface area contributed by atoms with Crippen molar-refractivity contribution in [3.8, 4) is 5.75 Å². The molecule has 34 heavy (non-hydrogen) atoms. The molecular weight excluding hydrogens is 454 g/mol. The summed E-state index contributed by atoms with van der Waals surface area (Å²) in [7, 11) is 0. The molecule has 1 N–H and O–H groups in total. The lowest BCUT2D eigenvalue weighted by molar-refractivity contribution is -0.384. The SMILES string of the molecule is CCOc1ccc([C@@H]2C3=C(CCCC3=O)Nc3nc(SCc4ccc([N+](=O)[O-])cc4)nn32)cc1. The van der Waals surface area contributed by atoms with E-state index in [1.807, 2.05) is 31.2 Å². The molecule has 10 heteroatoms. The Morgan fingerprint density at radius 2 is 1.94 bits per heavy atom. The van der Waals surface area contributed by atoms with Crippen molar-refractivity contribution in [2.24, 2.45) is 0 Å². The lowest BCUT2D eigenvalue weighted by Crippen LogP contribution is -2.31. The lowest BCUT2D eigenvalue weighted by Gasteiger charge is -2.32. The van der Waals surface area contributed by atoms with Crippen molar-refractivity contribution in [2.45, 2.75) is 43.1 Å². The number of fused-ring (bicyclic) bond motifs is 1. The number of ether oxygens (including phenoxy) is 1. The topological polar surface area (TPSA) is 112 Å². The Morgan fingerprint density at radius 3 is 2.65 bits per heavy atom. The number of anilines is 1. The van der Waals surface area contributed by atoms with Gasteiger partial charge < -0.3 is 10.1 Å². The lowest BCUT2D eigenvalue weighted by atomic mass is 9.85. The third kappa shape index (κ3) is 4.28. The Kier molecular flexibility index (Phi) is 6.06. The van der Waals surface area contributed by atoms with Crippen LogP contribution in [-0.4, -0.2) is 32.1 Å². The van der Waals surface area contributed by atoms with Crippen molar-refractivity contribution in [1.82, 2.24) is 14.8 Å². The molecule has 0 spiro atoms. The molecule has 3 aromatic rings. The van der Waals surface area contributed by atoms with Crippen LogP contribution in [0.3, 0.4) is 0 Å². The summed E-state index contributed by atoms with van der Waals surface area (Å²) in [6.07, 6.45) is 2.14. The van der Waals surface area contributed by atoms with E-state index in [0.717, 1.165) is 41.0 Å². The van der Waals surface area contributed by atoms with E-state index in [4.69, 9.17) is 9.84 Å². The molecule has 1 atom stereocenters. The third-order valence-electron chi connectivity index (χ3n) is 5.87. The van der Waals surface area contributed by atoms with Gasteiger partial charge in [0, 0.05) is 35.6 Å². The fourth-order valence-corrected chi connectivity index (χ4v) is 5.07. The summed E-state index contributed by atoms with van der Waals surface area (Å²) in [5.41, 5.74) is 3.62. The van der Waals surface area contributed by atoms with E-state index < -0.39 is 4.92 Å². The number of non-ortho nitro benzene ring substituents is 1. The van der Waals surface area contributed by atoms with Crippen LogP contribution >= 0.6 is 11.8 Å². The smallest absolute Gasteiger partial charge is 0.269 e. The van der Waals surface area contributed by atoms with E-state index in [0.29, 0.717) is 29.9 Å². The molecule has 1 aliphatic carbocycles. The zero-order chi connectivity index (χ0) is 23.7. The number of nitrogens with zero attached hydrogens (tertiary/aromatic N) is 4. The Morgan fingerprint density at radius 1 is 1.18 bits per heavy atom. The highest BCUT2D eigenvalue weighted by Gasteiger charge is 2.36. The highest BCUT2D eigenvalue weighted by atomic mass is 32.2. The summed E-state index contributed by atoms with van der Waals surface area (Å²) >= 11 is 1.45. The number of Topliss-reactive ketones (excluding diaryl/α,β-unsaturated/α-hetero) is 1. The molecule has 0 saturated carbocycles. The van der Waals surface area contributed by atoms with Gasteiger partial charge in [-0.2, -0.15) is 4.98 Å². The van der Waals surface area contributed by atoms with Crippen LogP contribution in [0.25, 0.3) is 0 Å². The van der Waals surface area contributed by atoms with Crippen LogP contribution in [0.15, 0.2) is 65.0 Å². The van der Waals surface area contributed by atoms with Crippen molar-refractivity contribution >= 4 is 29.2 Å².